The van der Waals surface area contributed by atoms with E-state index >= 15 is 0 Å². The number of hydrogen-bond donors (Lipinski definition) is 7. The minimum absolute atomic E-state index is 0.0158. The molecule has 7 N–H and O–H groups in total. The van der Waals surface area contributed by atoms with Crippen LogP contribution in [-0.2, 0) is 54.0 Å². The Morgan fingerprint density at radius 1 is 0.884 bits per heavy atom. The van der Waals surface area contributed by atoms with Crippen molar-refractivity contribution in [2.24, 2.45) is 5.41 Å². The van der Waals surface area contributed by atoms with Gasteiger partial charge in [0.05, 0.1) is 71.7 Å². The van der Waals surface area contributed by atoms with Crippen LogP contribution in [0.2, 0.25) is 0 Å². The van der Waals surface area contributed by atoms with Crippen LogP contribution in [0.4, 0.5) is 8.78 Å². The van der Waals surface area contributed by atoms with Crippen LogP contribution in [0.3, 0.4) is 0 Å². The third-order valence-electron chi connectivity index (χ3n) is 16.3. The highest BCUT2D eigenvalue weighted by Gasteiger charge is 2.54. The van der Waals surface area contributed by atoms with Crippen LogP contribution < -0.4 is 21.3 Å². The van der Waals surface area contributed by atoms with Gasteiger partial charge in [-0.05, 0) is 91.8 Å². The molecule has 3 aromatic heterocycles. The number of carbonyl (C=O) groups is 7. The van der Waals surface area contributed by atoms with Crippen molar-refractivity contribution in [2.75, 3.05) is 46.1 Å². The monoisotopic (exact) mass is 1250 g/mol. The SMILES string of the molecule is Cc1ncsc1-c1ccc([C@H](C)NC(=O)[C@@H]2C[C@@H](O)CN2C(=O)C(NC(=O)COCCOCCC(=O)NC2(c3ccccn3)CN(C(=O)[C@@H]3CC[C@H]4CCCC[C@H](NC(=O)c5cc6cc(C(F)(F)P(=O)(O)O)ccc6s5)C(=O)N43)C2)C(C)(C)C)cc1. The fraction of sp³-hybridized carbons (Fsp3) is 0.508. The number of hydrogen-bond acceptors (Lipinski definition) is 15. The number of amides is 7. The third kappa shape index (κ3) is 14.2. The van der Waals surface area contributed by atoms with E-state index in [9.17, 15) is 61.8 Å². The molecule has 4 aliphatic heterocycles. The van der Waals surface area contributed by atoms with E-state index in [1.54, 1.807) is 71.8 Å². The van der Waals surface area contributed by atoms with E-state index in [1.807, 2.05) is 38.1 Å². The number of β-amino-alcohol motifs (C(OH)–C–C–N with tert-alkyl or cyclic N) is 1. The van der Waals surface area contributed by atoms with Gasteiger partial charge in [0.1, 0.15) is 36.3 Å². The van der Waals surface area contributed by atoms with Gasteiger partial charge >= 0.3 is 13.3 Å². The molecule has 0 saturated carbocycles. The van der Waals surface area contributed by atoms with E-state index < -0.39 is 102 Å². The number of fused-ring (bicyclic) bond motifs is 2. The number of carbonyl (C=O) groups excluding carboxylic acids is 7. The summed E-state index contributed by atoms with van der Waals surface area (Å²) in [7, 11) is -5.83. The van der Waals surface area contributed by atoms with Gasteiger partial charge in [-0.15, -0.1) is 22.7 Å². The second-order valence-electron chi connectivity index (χ2n) is 23.6. The number of pyridine rings is 1. The van der Waals surface area contributed by atoms with Gasteiger partial charge in [0.2, 0.25) is 35.4 Å². The van der Waals surface area contributed by atoms with Gasteiger partial charge in [-0.25, -0.2) is 4.98 Å². The van der Waals surface area contributed by atoms with Crippen molar-refractivity contribution in [1.29, 1.82) is 0 Å². The first-order valence-corrected chi connectivity index (χ1v) is 31.9. The van der Waals surface area contributed by atoms with E-state index in [4.69, 9.17) is 9.47 Å². The Hall–Kier alpha value is -6.64. The van der Waals surface area contributed by atoms with Gasteiger partial charge in [0.15, 0.2) is 0 Å². The molecule has 9 rings (SSSR count). The van der Waals surface area contributed by atoms with Gasteiger partial charge in [-0.1, -0.05) is 70.0 Å². The molecule has 27 heteroatoms. The van der Waals surface area contributed by atoms with E-state index in [1.165, 1.54) is 17.0 Å². The summed E-state index contributed by atoms with van der Waals surface area (Å²) in [5.41, 5.74) is -2.08. The maximum Gasteiger partial charge on any atom is 0.399 e. The molecule has 7 atom stereocenters. The highest BCUT2D eigenvalue weighted by Crippen LogP contribution is 2.59. The first kappa shape index (κ1) is 63.9. The van der Waals surface area contributed by atoms with E-state index in [0.717, 1.165) is 51.6 Å². The molecule has 22 nitrogen and oxygen atoms in total. The topological polar surface area (TPSA) is 299 Å². The number of halogens is 2. The van der Waals surface area contributed by atoms with Crippen LogP contribution in [0, 0.1) is 12.3 Å². The number of aromatic nitrogens is 2. The van der Waals surface area contributed by atoms with Crippen LogP contribution in [0.5, 0.6) is 0 Å². The average molecular weight is 1250 g/mol. The van der Waals surface area contributed by atoms with Gasteiger partial charge < -0.3 is 60.3 Å². The quantitative estimate of drug-likeness (QED) is 0.0346. The fourth-order valence-corrected chi connectivity index (χ4v) is 13.9. The summed E-state index contributed by atoms with van der Waals surface area (Å²) in [6.45, 7) is 8.73. The molecule has 1 unspecified atom stereocenters. The lowest BCUT2D eigenvalue weighted by Crippen LogP contribution is -2.71. The van der Waals surface area contributed by atoms with Crippen LogP contribution in [0.25, 0.3) is 20.5 Å². The number of ether oxygens (including phenoxy) is 2. The number of likely N-dealkylation sites (tertiary alicyclic amines) is 2. The predicted molar refractivity (Wildman–Crippen MR) is 314 cm³/mol. The summed E-state index contributed by atoms with van der Waals surface area (Å²) in [5.74, 6) is -3.29. The Balaban J connectivity index is 0.728. The maximum atomic E-state index is 14.5. The standard InChI is InChI=1S/C59H72F2N9O13PS2/c1-34(36-13-15-37(16-14-36)50-35(2)63-33-85-50)64-52(74)44-28-41(71)29-69(44)56(78)51(57(3,4)5)66-49(73)30-83-25-24-82-23-21-48(72)67-58(47-12-8-9-22-62-47)31-68(32-58)55(77)43-19-18-40-10-6-7-11-42(54(76)70(40)43)65-53(75)46-27-38-26-39(17-20-45(38)86-46)59(60,61)84(79,80)81/h8-9,12-17,20,22,26-27,33-34,40-44,51,71H,6-7,10-11,18-19,21,23-25,28-32H2,1-5H3,(H,64,74)(H,65,75)(H,66,73)(H,67,72)(H2,79,80,81)/t34-,40+,41+,42-,43-,44-,51?/m0/s1. The van der Waals surface area contributed by atoms with Gasteiger partial charge in [0.25, 0.3) is 5.91 Å². The Bertz CT molecular complexity index is 3370. The second-order valence-corrected chi connectivity index (χ2v) is 27.2. The van der Waals surface area contributed by atoms with E-state index in [2.05, 4.69) is 31.2 Å². The van der Waals surface area contributed by atoms with Crippen molar-refractivity contribution in [3.63, 3.8) is 0 Å². The number of thiazole rings is 1. The summed E-state index contributed by atoms with van der Waals surface area (Å²) in [6.07, 6.45) is 3.85. The third-order valence-corrected chi connectivity index (χ3v) is 19.4. The number of aryl methyl sites for hydroxylation is 1. The molecule has 4 fully saturated rings. The molecule has 0 bridgehead atoms. The lowest BCUT2D eigenvalue weighted by Gasteiger charge is -2.51. The smallest absolute Gasteiger partial charge is 0.391 e. The van der Waals surface area contributed by atoms with Crippen molar-refractivity contribution < 1.29 is 71.3 Å². The van der Waals surface area contributed by atoms with Gasteiger partial charge in [-0.3, -0.25) is 43.1 Å². The number of benzene rings is 2. The number of nitrogens with zero attached hydrogens (tertiary/aromatic N) is 5. The molecule has 86 heavy (non-hydrogen) atoms. The van der Waals surface area contributed by atoms with Crippen LogP contribution in [0.1, 0.15) is 117 Å². The molecule has 4 aliphatic rings. The van der Waals surface area contributed by atoms with Crippen molar-refractivity contribution in [1.82, 2.24) is 45.9 Å². The number of aliphatic hydroxyl groups is 1. The molecule has 0 aliphatic carbocycles. The Morgan fingerprint density at radius 2 is 1.62 bits per heavy atom. The highest BCUT2D eigenvalue weighted by molar-refractivity contribution is 7.52. The van der Waals surface area contributed by atoms with E-state index in [-0.39, 0.29) is 86.8 Å². The molecule has 2 aromatic carbocycles. The fourth-order valence-electron chi connectivity index (χ4n) is 11.7. The molecule has 7 heterocycles. The molecule has 0 spiro atoms. The summed E-state index contributed by atoms with van der Waals surface area (Å²) in [5, 5.41) is 22.5. The molecular formula is C59H72F2N9O13PS2. The molecule has 4 saturated heterocycles. The minimum atomic E-state index is -5.83. The van der Waals surface area contributed by atoms with Crippen molar-refractivity contribution in [3.8, 4) is 10.4 Å². The Kier molecular flexibility index (Phi) is 19.6. The molecule has 5 aromatic rings. The van der Waals surface area contributed by atoms with Crippen LogP contribution in [0.15, 0.2) is 78.4 Å². The largest absolute Gasteiger partial charge is 0.399 e. The molecule has 0 radical (unpaired) electrons. The number of nitrogens with one attached hydrogen (secondary N) is 4. The predicted octanol–water partition coefficient (Wildman–Crippen LogP) is 5.63. The van der Waals surface area contributed by atoms with E-state index in [0.29, 0.717) is 36.1 Å². The lowest BCUT2D eigenvalue weighted by molar-refractivity contribution is -0.154. The summed E-state index contributed by atoms with van der Waals surface area (Å²) < 4.78 is 52.2. The number of rotatable bonds is 21. The Labute approximate surface area is 503 Å². The number of alkyl halides is 2. The zero-order valence-corrected chi connectivity index (χ0v) is 50.9. The maximum absolute atomic E-state index is 14.5. The van der Waals surface area contributed by atoms with Crippen molar-refractivity contribution in [2.45, 2.75) is 140 Å². The molecular weight excluding hydrogens is 1180 g/mol. The van der Waals surface area contributed by atoms with Gasteiger partial charge in [-0.2, -0.15) is 8.78 Å². The summed E-state index contributed by atoms with van der Waals surface area (Å²) in [4.78, 5) is 130. The average Bonchev–Trinajstić information content (AvgIpc) is 1.07. The number of thiophene rings is 1. The van der Waals surface area contributed by atoms with Crippen LogP contribution >= 0.6 is 30.3 Å². The van der Waals surface area contributed by atoms with Crippen molar-refractivity contribution >= 4 is 81.7 Å². The molecule has 7 amide bonds. The van der Waals surface area contributed by atoms with Crippen LogP contribution in [-0.4, -0.2) is 163 Å². The Morgan fingerprint density at radius 3 is 2.30 bits per heavy atom. The zero-order valence-electron chi connectivity index (χ0n) is 48.3. The van der Waals surface area contributed by atoms with Crippen molar-refractivity contribution in [3.05, 3.63) is 106 Å². The summed E-state index contributed by atoms with van der Waals surface area (Å²) >= 11 is 2.52. The minimum Gasteiger partial charge on any atom is -0.391 e. The highest BCUT2D eigenvalue weighted by atomic mass is 32.1. The van der Waals surface area contributed by atoms with Gasteiger partial charge in [0, 0.05) is 41.9 Å². The first-order chi connectivity index (χ1) is 40.7. The lowest BCUT2D eigenvalue weighted by atomic mass is 9.84. The second kappa shape index (κ2) is 26.4. The zero-order chi connectivity index (χ0) is 61.9. The first-order valence-electron chi connectivity index (χ1n) is 28.6. The summed E-state index contributed by atoms with van der Waals surface area (Å²) in [6, 6.07) is 12.9. The molecule has 462 valence electrons. The number of aliphatic hydroxyl groups excluding tert-OH is 1. The normalized spacial score (nSPS) is 21.4.